The Kier molecular flexibility index (Phi) is 7.62. The van der Waals surface area contributed by atoms with Crippen LogP contribution >= 0.6 is 23.8 Å². The molecule has 6 heteroatoms. The summed E-state index contributed by atoms with van der Waals surface area (Å²) >= 11 is 11.8. The predicted molar refractivity (Wildman–Crippen MR) is 108 cm³/mol. The van der Waals surface area contributed by atoms with Crippen LogP contribution in [0.5, 0.6) is 0 Å². The smallest absolute Gasteiger partial charge is 0.173 e. The summed E-state index contributed by atoms with van der Waals surface area (Å²) in [6, 6.07) is 9.91. The number of nitrogens with zero attached hydrogens (tertiary/aromatic N) is 2. The van der Waals surface area contributed by atoms with E-state index in [0.29, 0.717) is 16.7 Å². The van der Waals surface area contributed by atoms with Crippen LogP contribution in [-0.2, 0) is 4.74 Å². The Hall–Kier alpha value is -1.69. The highest BCUT2D eigenvalue weighted by Crippen LogP contribution is 2.24. The monoisotopic (exact) mass is 377 g/mol. The van der Waals surface area contributed by atoms with Gasteiger partial charge in [-0.1, -0.05) is 17.7 Å². The van der Waals surface area contributed by atoms with Crippen LogP contribution in [0, 0.1) is 6.92 Å². The van der Waals surface area contributed by atoms with Gasteiger partial charge in [-0.3, -0.25) is 4.98 Å². The van der Waals surface area contributed by atoms with Crippen molar-refractivity contribution in [3.8, 4) is 0 Å². The molecule has 0 amide bonds. The maximum Gasteiger partial charge on any atom is 0.173 e. The molecule has 1 N–H and O–H groups in total. The molecule has 2 rings (SSSR count). The third-order valence-corrected chi connectivity index (χ3v) is 4.68. The molecule has 1 heterocycles. The van der Waals surface area contributed by atoms with Gasteiger partial charge in [0, 0.05) is 43.4 Å². The van der Waals surface area contributed by atoms with Gasteiger partial charge in [0.25, 0.3) is 0 Å². The zero-order valence-corrected chi connectivity index (χ0v) is 16.4. The number of hydrogen-bond donors (Lipinski definition) is 1. The van der Waals surface area contributed by atoms with E-state index in [2.05, 4.69) is 22.1 Å². The minimum atomic E-state index is 0.124. The van der Waals surface area contributed by atoms with Crippen LogP contribution in [0.25, 0.3) is 0 Å². The Balaban J connectivity index is 2.18. The van der Waals surface area contributed by atoms with Crippen molar-refractivity contribution < 1.29 is 4.74 Å². The molecular formula is C19H24ClN3OS. The SMILES string of the molecule is COCCCN(C(=S)Nc1cc(Cl)ccc1C)C(C)c1ccncc1. The van der Waals surface area contributed by atoms with Gasteiger partial charge in [-0.05, 0) is 67.9 Å². The summed E-state index contributed by atoms with van der Waals surface area (Å²) in [5.41, 5.74) is 3.19. The predicted octanol–water partition coefficient (Wildman–Crippen LogP) is 4.84. The normalized spacial score (nSPS) is 11.8. The Morgan fingerprint density at radius 1 is 1.32 bits per heavy atom. The minimum absolute atomic E-state index is 0.124. The van der Waals surface area contributed by atoms with E-state index in [-0.39, 0.29) is 6.04 Å². The van der Waals surface area contributed by atoms with Crippen LogP contribution in [0.3, 0.4) is 0 Å². The van der Waals surface area contributed by atoms with Crippen molar-refractivity contribution in [1.29, 1.82) is 0 Å². The Labute approximate surface area is 160 Å². The molecule has 0 saturated heterocycles. The van der Waals surface area contributed by atoms with E-state index in [1.165, 1.54) is 5.56 Å². The number of benzene rings is 1. The van der Waals surface area contributed by atoms with Gasteiger partial charge < -0.3 is 15.0 Å². The zero-order valence-electron chi connectivity index (χ0n) is 14.8. The van der Waals surface area contributed by atoms with Gasteiger partial charge in [-0.15, -0.1) is 0 Å². The van der Waals surface area contributed by atoms with Gasteiger partial charge in [0.05, 0.1) is 6.04 Å². The van der Waals surface area contributed by atoms with E-state index in [9.17, 15) is 0 Å². The summed E-state index contributed by atoms with van der Waals surface area (Å²) in [6.45, 7) is 5.66. The first-order valence-corrected chi connectivity index (χ1v) is 9.04. The molecule has 2 aromatic rings. The van der Waals surface area contributed by atoms with Gasteiger partial charge in [-0.25, -0.2) is 0 Å². The Bertz CT molecular complexity index is 696. The molecule has 134 valence electrons. The van der Waals surface area contributed by atoms with Crippen LogP contribution in [0.2, 0.25) is 5.02 Å². The number of aromatic nitrogens is 1. The fourth-order valence-corrected chi connectivity index (χ4v) is 3.12. The number of pyridine rings is 1. The molecule has 4 nitrogen and oxygen atoms in total. The quantitative estimate of drug-likeness (QED) is 0.552. The number of hydrogen-bond acceptors (Lipinski definition) is 3. The fourth-order valence-electron chi connectivity index (χ4n) is 2.59. The Morgan fingerprint density at radius 2 is 2.04 bits per heavy atom. The maximum atomic E-state index is 6.12. The molecule has 25 heavy (non-hydrogen) atoms. The number of halogens is 1. The van der Waals surface area contributed by atoms with Crippen molar-refractivity contribution in [2.24, 2.45) is 0 Å². The van der Waals surface area contributed by atoms with Crippen molar-refractivity contribution in [2.45, 2.75) is 26.3 Å². The highest BCUT2D eigenvalue weighted by atomic mass is 35.5. The van der Waals surface area contributed by atoms with Crippen molar-refractivity contribution in [1.82, 2.24) is 9.88 Å². The lowest BCUT2D eigenvalue weighted by molar-refractivity contribution is 0.181. The summed E-state index contributed by atoms with van der Waals surface area (Å²) in [6.07, 6.45) is 4.50. The summed E-state index contributed by atoms with van der Waals surface area (Å²) in [4.78, 5) is 6.27. The molecule has 1 aromatic carbocycles. The van der Waals surface area contributed by atoms with Gasteiger partial charge in [0.15, 0.2) is 5.11 Å². The number of nitrogens with one attached hydrogen (secondary N) is 1. The first kappa shape index (κ1) is 19.6. The third kappa shape index (κ3) is 5.66. The van der Waals surface area contributed by atoms with E-state index in [1.54, 1.807) is 19.5 Å². The van der Waals surface area contributed by atoms with Crippen LogP contribution in [0.15, 0.2) is 42.7 Å². The summed E-state index contributed by atoms with van der Waals surface area (Å²) < 4.78 is 5.19. The average Bonchev–Trinajstić information content (AvgIpc) is 2.62. The van der Waals surface area contributed by atoms with Crippen LogP contribution in [0.1, 0.15) is 30.5 Å². The van der Waals surface area contributed by atoms with E-state index >= 15 is 0 Å². The standard InChI is InChI=1S/C19H24ClN3OS/c1-14-5-6-17(20)13-18(14)22-19(25)23(11-4-12-24-3)15(2)16-7-9-21-10-8-16/h5-10,13,15H,4,11-12H2,1-3H3,(H,22,25). The lowest BCUT2D eigenvalue weighted by Gasteiger charge is -2.32. The molecule has 0 aliphatic heterocycles. The summed E-state index contributed by atoms with van der Waals surface area (Å²) in [5, 5.41) is 4.70. The highest BCUT2D eigenvalue weighted by Gasteiger charge is 2.19. The fraction of sp³-hybridized carbons (Fsp3) is 0.368. The zero-order chi connectivity index (χ0) is 18.2. The topological polar surface area (TPSA) is 37.4 Å². The number of methoxy groups -OCH3 is 1. The van der Waals surface area contributed by atoms with Crippen LogP contribution in [0.4, 0.5) is 5.69 Å². The van der Waals surface area contributed by atoms with Gasteiger partial charge in [0.2, 0.25) is 0 Å². The molecular weight excluding hydrogens is 354 g/mol. The lowest BCUT2D eigenvalue weighted by atomic mass is 10.1. The Morgan fingerprint density at radius 3 is 2.72 bits per heavy atom. The molecule has 0 spiro atoms. The van der Waals surface area contributed by atoms with Crippen LogP contribution in [-0.4, -0.2) is 35.3 Å². The second-order valence-corrected chi connectivity index (χ2v) is 6.71. The van der Waals surface area contributed by atoms with Crippen molar-refractivity contribution in [3.63, 3.8) is 0 Å². The number of thiocarbonyl (C=S) groups is 1. The third-order valence-electron chi connectivity index (χ3n) is 4.11. The molecule has 0 aliphatic rings. The first-order valence-electron chi connectivity index (χ1n) is 8.25. The highest BCUT2D eigenvalue weighted by molar-refractivity contribution is 7.80. The molecule has 0 bridgehead atoms. The molecule has 1 atom stereocenters. The molecule has 1 aromatic heterocycles. The second-order valence-electron chi connectivity index (χ2n) is 5.89. The number of rotatable bonds is 7. The lowest BCUT2D eigenvalue weighted by Crippen LogP contribution is -2.38. The minimum Gasteiger partial charge on any atom is -0.385 e. The summed E-state index contributed by atoms with van der Waals surface area (Å²) in [5.74, 6) is 0. The van der Waals surface area contributed by atoms with Gasteiger partial charge in [-0.2, -0.15) is 0 Å². The van der Waals surface area contributed by atoms with E-state index < -0.39 is 0 Å². The second kappa shape index (κ2) is 9.70. The van der Waals surface area contributed by atoms with Crippen molar-refractivity contribution in [3.05, 3.63) is 58.9 Å². The largest absolute Gasteiger partial charge is 0.385 e. The first-order chi connectivity index (χ1) is 12.0. The van der Waals surface area contributed by atoms with E-state index in [0.717, 1.165) is 24.2 Å². The van der Waals surface area contributed by atoms with Crippen molar-refractivity contribution in [2.75, 3.05) is 25.6 Å². The maximum absolute atomic E-state index is 6.12. The van der Waals surface area contributed by atoms with Crippen LogP contribution < -0.4 is 5.32 Å². The molecule has 0 fully saturated rings. The van der Waals surface area contributed by atoms with Crippen molar-refractivity contribution >= 4 is 34.6 Å². The molecule has 0 saturated carbocycles. The average molecular weight is 378 g/mol. The summed E-state index contributed by atoms with van der Waals surface area (Å²) in [7, 11) is 1.71. The van der Waals surface area contributed by atoms with E-state index in [4.69, 9.17) is 28.6 Å². The van der Waals surface area contributed by atoms with Gasteiger partial charge in [0.1, 0.15) is 0 Å². The molecule has 0 aliphatic carbocycles. The van der Waals surface area contributed by atoms with E-state index in [1.807, 2.05) is 37.3 Å². The van der Waals surface area contributed by atoms with Gasteiger partial charge >= 0.3 is 0 Å². The number of ether oxygens (including phenoxy) is 1. The molecule has 1 unspecified atom stereocenters. The number of anilines is 1. The number of aryl methyl sites for hydroxylation is 1. The molecule has 0 radical (unpaired) electrons.